The van der Waals surface area contributed by atoms with Crippen molar-refractivity contribution in [2.75, 3.05) is 6.61 Å². The van der Waals surface area contributed by atoms with Crippen LogP contribution in [0.15, 0.2) is 48.7 Å². The van der Waals surface area contributed by atoms with Gasteiger partial charge in [0.05, 0.1) is 18.3 Å². The van der Waals surface area contributed by atoms with Gasteiger partial charge in [-0.25, -0.2) is 0 Å². The van der Waals surface area contributed by atoms with Gasteiger partial charge in [0.25, 0.3) is 0 Å². The van der Waals surface area contributed by atoms with Crippen LogP contribution in [0.1, 0.15) is 29.5 Å². The predicted octanol–water partition coefficient (Wildman–Crippen LogP) is 2.99. The first-order chi connectivity index (χ1) is 10.8. The molecule has 3 aromatic rings. The normalized spacial score (nSPS) is 15.3. The molecule has 0 aliphatic heterocycles. The zero-order chi connectivity index (χ0) is 15.0. The Hall–Kier alpha value is -2.57. The molecule has 1 aliphatic carbocycles. The van der Waals surface area contributed by atoms with Crippen molar-refractivity contribution in [3.05, 3.63) is 65.4 Å². The molecule has 3 heteroatoms. The molecule has 0 spiro atoms. The van der Waals surface area contributed by atoms with Crippen molar-refractivity contribution >= 4 is 10.9 Å². The Morgan fingerprint density at radius 1 is 1.05 bits per heavy atom. The lowest BCUT2D eigenvalue weighted by Crippen LogP contribution is -2.11. The Morgan fingerprint density at radius 2 is 1.77 bits per heavy atom. The van der Waals surface area contributed by atoms with Crippen LogP contribution in [0.2, 0.25) is 0 Å². The number of aromatic nitrogens is 2. The molecule has 0 radical (unpaired) electrons. The molecule has 0 bridgehead atoms. The number of benzene rings is 2. The smallest absolute Gasteiger partial charge is 0.0651 e. The van der Waals surface area contributed by atoms with Crippen molar-refractivity contribution in [3.63, 3.8) is 0 Å². The Balaban J connectivity index is 1.58. The molecule has 2 aromatic carbocycles. The number of hydrogen-bond acceptors (Lipinski definition) is 2. The Kier molecular flexibility index (Phi) is 2.99. The fourth-order valence-corrected chi connectivity index (χ4v) is 2.76. The van der Waals surface area contributed by atoms with Gasteiger partial charge in [0.2, 0.25) is 0 Å². The minimum Gasteiger partial charge on any atom is -0.395 e. The van der Waals surface area contributed by atoms with Crippen LogP contribution in [0.3, 0.4) is 0 Å². The van der Waals surface area contributed by atoms with Crippen LogP contribution in [0.25, 0.3) is 10.9 Å². The summed E-state index contributed by atoms with van der Waals surface area (Å²) in [5, 5.41) is 17.5. The molecule has 1 fully saturated rings. The van der Waals surface area contributed by atoms with Crippen LogP contribution in [-0.2, 0) is 5.41 Å². The average Bonchev–Trinajstić information content (AvgIpc) is 3.23. The molecule has 1 heterocycles. The highest BCUT2D eigenvalue weighted by molar-refractivity contribution is 5.79. The molecule has 4 rings (SSSR count). The number of fused-ring (bicyclic) bond motifs is 1. The zero-order valence-electron chi connectivity index (χ0n) is 12.1. The monoisotopic (exact) mass is 288 g/mol. The van der Waals surface area contributed by atoms with E-state index in [0.29, 0.717) is 0 Å². The summed E-state index contributed by atoms with van der Waals surface area (Å²) in [6.07, 6.45) is 3.97. The van der Waals surface area contributed by atoms with Crippen molar-refractivity contribution in [1.82, 2.24) is 10.2 Å². The van der Waals surface area contributed by atoms with E-state index in [4.69, 9.17) is 0 Å². The number of nitrogens with one attached hydrogen (secondary N) is 1. The van der Waals surface area contributed by atoms with E-state index in [2.05, 4.69) is 34.2 Å². The van der Waals surface area contributed by atoms with Gasteiger partial charge in [-0.1, -0.05) is 24.0 Å². The van der Waals surface area contributed by atoms with Crippen molar-refractivity contribution in [1.29, 1.82) is 0 Å². The van der Waals surface area contributed by atoms with Gasteiger partial charge in [0.15, 0.2) is 0 Å². The van der Waals surface area contributed by atoms with Gasteiger partial charge in [0, 0.05) is 21.9 Å². The number of H-pyrrole nitrogens is 1. The van der Waals surface area contributed by atoms with E-state index in [1.807, 2.05) is 30.3 Å². The Morgan fingerprint density at radius 3 is 2.50 bits per heavy atom. The molecule has 0 unspecified atom stereocenters. The van der Waals surface area contributed by atoms with Gasteiger partial charge in [-0.3, -0.25) is 5.10 Å². The summed E-state index contributed by atoms with van der Waals surface area (Å²) in [5.74, 6) is 6.38. The van der Waals surface area contributed by atoms with Gasteiger partial charge >= 0.3 is 0 Å². The summed E-state index contributed by atoms with van der Waals surface area (Å²) in [6.45, 7) is 0.239. The van der Waals surface area contributed by atoms with Crippen LogP contribution in [-0.4, -0.2) is 21.9 Å². The van der Waals surface area contributed by atoms with Gasteiger partial charge in [-0.2, -0.15) is 5.10 Å². The number of aliphatic hydroxyl groups is 1. The summed E-state index contributed by atoms with van der Waals surface area (Å²) >= 11 is 0. The van der Waals surface area contributed by atoms with E-state index in [1.165, 1.54) is 5.56 Å². The van der Waals surface area contributed by atoms with Crippen LogP contribution >= 0.6 is 0 Å². The fraction of sp³-hybridized carbons (Fsp3) is 0.211. The van der Waals surface area contributed by atoms with Gasteiger partial charge in [0.1, 0.15) is 0 Å². The molecule has 108 valence electrons. The maximum absolute atomic E-state index is 9.46. The molecule has 1 aliphatic rings. The highest BCUT2D eigenvalue weighted by Gasteiger charge is 2.43. The quantitative estimate of drug-likeness (QED) is 0.712. The van der Waals surface area contributed by atoms with Crippen LogP contribution in [0.5, 0.6) is 0 Å². The zero-order valence-corrected chi connectivity index (χ0v) is 12.1. The van der Waals surface area contributed by atoms with Crippen molar-refractivity contribution < 1.29 is 5.11 Å². The van der Waals surface area contributed by atoms with Crippen LogP contribution < -0.4 is 0 Å². The molecule has 0 saturated heterocycles. The van der Waals surface area contributed by atoms with Gasteiger partial charge in [-0.15, -0.1) is 0 Å². The summed E-state index contributed by atoms with van der Waals surface area (Å²) in [5.41, 5.74) is 4.24. The average molecular weight is 288 g/mol. The third-order valence-electron chi connectivity index (χ3n) is 4.44. The second-order valence-corrected chi connectivity index (χ2v) is 5.94. The van der Waals surface area contributed by atoms with E-state index in [-0.39, 0.29) is 12.0 Å². The lowest BCUT2D eigenvalue weighted by atomic mass is 9.96. The molecule has 2 N–H and O–H groups in total. The van der Waals surface area contributed by atoms with Gasteiger partial charge in [-0.05, 0) is 48.7 Å². The van der Waals surface area contributed by atoms with Crippen molar-refractivity contribution in [2.45, 2.75) is 18.3 Å². The van der Waals surface area contributed by atoms with E-state index in [9.17, 15) is 5.11 Å². The molecule has 22 heavy (non-hydrogen) atoms. The standard InChI is InChI=1S/C19H16N2O/c22-13-19(9-10-19)17-6-3-14(4-7-17)1-2-15-5-8-18-16(11-15)12-20-21-18/h3-8,11-12,22H,9-10,13H2,(H,20,21). The molecular weight excluding hydrogens is 272 g/mol. The summed E-state index contributed by atoms with van der Waals surface area (Å²) in [4.78, 5) is 0. The molecular formula is C19H16N2O. The topological polar surface area (TPSA) is 48.9 Å². The van der Waals surface area contributed by atoms with Crippen molar-refractivity contribution in [3.8, 4) is 11.8 Å². The second-order valence-electron chi connectivity index (χ2n) is 5.94. The van der Waals surface area contributed by atoms with E-state index < -0.39 is 0 Å². The Labute approximate surface area is 129 Å². The third kappa shape index (κ3) is 2.28. The summed E-state index contributed by atoms with van der Waals surface area (Å²) in [7, 11) is 0. The predicted molar refractivity (Wildman–Crippen MR) is 86.5 cm³/mol. The number of nitrogens with zero attached hydrogens (tertiary/aromatic N) is 1. The first-order valence-electron chi connectivity index (χ1n) is 7.46. The van der Waals surface area contributed by atoms with Crippen molar-refractivity contribution in [2.24, 2.45) is 0 Å². The molecule has 1 saturated carbocycles. The van der Waals surface area contributed by atoms with Gasteiger partial charge < -0.3 is 5.11 Å². The van der Waals surface area contributed by atoms with E-state index in [0.717, 1.165) is 34.9 Å². The number of aromatic amines is 1. The SMILES string of the molecule is OCC1(c2ccc(C#Cc3ccc4[nH]ncc4c3)cc2)CC1. The molecule has 3 nitrogen and oxygen atoms in total. The molecule has 1 aromatic heterocycles. The Bertz CT molecular complexity index is 877. The minimum absolute atomic E-state index is 0.0261. The minimum atomic E-state index is 0.0261. The molecule has 0 atom stereocenters. The van der Waals surface area contributed by atoms with Crippen LogP contribution in [0.4, 0.5) is 0 Å². The molecule has 0 amide bonds. The highest BCUT2D eigenvalue weighted by Crippen LogP contribution is 2.47. The maximum Gasteiger partial charge on any atom is 0.0651 e. The number of rotatable bonds is 2. The lowest BCUT2D eigenvalue weighted by Gasteiger charge is -2.11. The number of hydrogen-bond donors (Lipinski definition) is 2. The maximum atomic E-state index is 9.46. The van der Waals surface area contributed by atoms with E-state index in [1.54, 1.807) is 6.20 Å². The second kappa shape index (κ2) is 5.01. The highest BCUT2D eigenvalue weighted by atomic mass is 16.3. The third-order valence-corrected chi connectivity index (χ3v) is 4.44. The van der Waals surface area contributed by atoms with E-state index >= 15 is 0 Å². The summed E-state index contributed by atoms with van der Waals surface area (Å²) < 4.78 is 0. The van der Waals surface area contributed by atoms with Crippen LogP contribution in [0, 0.1) is 11.8 Å². The number of aliphatic hydroxyl groups excluding tert-OH is 1. The first kappa shape index (κ1) is 13.1. The fourth-order valence-electron chi connectivity index (χ4n) is 2.76. The lowest BCUT2D eigenvalue weighted by molar-refractivity contribution is 0.255. The summed E-state index contributed by atoms with van der Waals surface area (Å²) in [6, 6.07) is 14.3. The first-order valence-corrected chi connectivity index (χ1v) is 7.46. The largest absolute Gasteiger partial charge is 0.395 e.